The molecule has 19 nitrogen and oxygen atoms in total. The van der Waals surface area contributed by atoms with Crippen molar-refractivity contribution in [2.75, 3.05) is 82.3 Å². The van der Waals surface area contributed by atoms with Gasteiger partial charge in [-0.15, -0.1) is 0 Å². The Labute approximate surface area is 360 Å². The highest BCUT2D eigenvalue weighted by Crippen LogP contribution is 2.52. The number of hydrogen-bond donors (Lipinski definition) is 0. The van der Waals surface area contributed by atoms with Crippen LogP contribution in [0.1, 0.15) is 124 Å². The molecule has 0 bridgehead atoms. The van der Waals surface area contributed by atoms with Crippen molar-refractivity contribution in [3.8, 4) is 0 Å². The summed E-state index contributed by atoms with van der Waals surface area (Å²) in [5, 5.41) is 0. The molecule has 0 heterocycles. The average Bonchev–Trinajstić information content (AvgIpc) is 3.20. The normalized spacial score (nSPS) is 22.6. The molecule has 0 aromatic carbocycles. The number of rotatable bonds is 36. The van der Waals surface area contributed by atoms with Gasteiger partial charge in [0.05, 0.1) is 0 Å². The smallest absolute Gasteiger partial charge is 0.282 e. The van der Waals surface area contributed by atoms with E-state index < -0.39 is 64.4 Å². The van der Waals surface area contributed by atoms with Crippen LogP contribution in [0.5, 0.6) is 0 Å². The highest BCUT2D eigenvalue weighted by molar-refractivity contribution is 5.96. The summed E-state index contributed by atoms with van der Waals surface area (Å²) in [6, 6.07) is 0. The lowest BCUT2D eigenvalue weighted by Gasteiger charge is -2.58. The van der Waals surface area contributed by atoms with Crippen molar-refractivity contribution in [3.05, 3.63) is 0 Å². The van der Waals surface area contributed by atoms with Gasteiger partial charge in [0, 0.05) is 137 Å². The van der Waals surface area contributed by atoms with Gasteiger partial charge in [-0.05, 0) is 55.4 Å². The Balaban J connectivity index is 9.56. The first-order chi connectivity index (χ1) is 27.7. The second-order valence-electron chi connectivity index (χ2n) is 14.2. The maximum atomic E-state index is 16.9. The highest BCUT2D eigenvalue weighted by Gasteiger charge is 2.73. The minimum atomic E-state index is -2.55. The molecule has 0 saturated heterocycles. The summed E-state index contributed by atoms with van der Waals surface area (Å²) < 4.78 is 112. The molecule has 0 aliphatic heterocycles. The predicted molar refractivity (Wildman–Crippen MR) is 217 cm³/mol. The molecule has 8 unspecified atom stereocenters. The lowest BCUT2D eigenvalue weighted by atomic mass is 9.74. The summed E-state index contributed by atoms with van der Waals surface area (Å²) in [4.78, 5) is 16.9. The minimum absolute atomic E-state index is 0.0605. The fourth-order valence-electron chi connectivity index (χ4n) is 6.74. The van der Waals surface area contributed by atoms with Crippen molar-refractivity contribution in [1.82, 2.24) is 0 Å². The number of hydrogen-bond acceptors (Lipinski definition) is 19. The fraction of sp³-hybridized carbons (Fsp3) is 0.976. The van der Waals surface area contributed by atoms with E-state index in [4.69, 9.17) is 85.3 Å². The second-order valence-corrected chi connectivity index (χ2v) is 14.2. The molecule has 0 radical (unpaired) electrons. The van der Waals surface area contributed by atoms with Gasteiger partial charge in [-0.3, -0.25) is 23.7 Å². The molecule has 0 aromatic heterocycles. The SMILES string of the molecule is CCOC(C)(OC)OC(CC)(OC(C)(OC)OCC)C(C)(OC(C)(OC)OCC)C(=O)C(C)(OC(C)(OC)OCC)C(CC)(OC(C)(OC)OCC)OC(C)(OC)OCC. The van der Waals surface area contributed by atoms with Gasteiger partial charge in [-0.2, -0.15) is 0 Å². The number of carbonyl (C=O) groups excluding carboxylic acids is 1. The van der Waals surface area contributed by atoms with E-state index in [1.165, 1.54) is 98.0 Å². The number of ketones is 1. The standard InChI is InChI=1S/C41H82O19/c1-23-40(57-36(13,45-19)51-27-5,58-37(14,46-20)52-28-6)32(9,55-34(11,43-17)49-25-3)31(42)33(10,56-35(12,44-18)50-26-4)41(24-2,59-38(15,47-21)53-29-7)60-39(16,48-22)54-30-8/h23-30H2,1-22H3. The van der Waals surface area contributed by atoms with E-state index in [2.05, 4.69) is 0 Å². The summed E-state index contributed by atoms with van der Waals surface area (Å²) in [6.45, 7) is 25.9. The maximum absolute atomic E-state index is 16.9. The molecule has 60 heavy (non-hydrogen) atoms. The zero-order chi connectivity index (χ0) is 47.0. The fourth-order valence-corrected chi connectivity index (χ4v) is 6.74. The molecule has 19 heteroatoms. The Morgan fingerprint density at radius 1 is 0.317 bits per heavy atom. The Morgan fingerprint density at radius 2 is 0.483 bits per heavy atom. The molecule has 8 atom stereocenters. The van der Waals surface area contributed by atoms with Gasteiger partial charge in [0.25, 0.3) is 35.8 Å². The summed E-state index contributed by atoms with van der Waals surface area (Å²) in [7, 11) is 8.10. The van der Waals surface area contributed by atoms with Crippen molar-refractivity contribution >= 4 is 5.78 Å². The van der Waals surface area contributed by atoms with E-state index in [9.17, 15) is 0 Å². The topological polar surface area (TPSA) is 183 Å². The van der Waals surface area contributed by atoms with Crippen LogP contribution in [0.3, 0.4) is 0 Å². The zero-order valence-corrected chi connectivity index (χ0v) is 40.9. The lowest BCUT2D eigenvalue weighted by molar-refractivity contribution is -0.537. The summed E-state index contributed by atoms with van der Waals surface area (Å²) >= 11 is 0. The summed E-state index contributed by atoms with van der Waals surface area (Å²) in [6.07, 6.45) is -0.431. The van der Waals surface area contributed by atoms with Crippen LogP contribution in [0.25, 0.3) is 0 Å². The van der Waals surface area contributed by atoms with Crippen molar-refractivity contribution in [1.29, 1.82) is 0 Å². The van der Waals surface area contributed by atoms with Gasteiger partial charge >= 0.3 is 0 Å². The molecular weight excluding hydrogens is 796 g/mol. The molecule has 360 valence electrons. The molecular formula is C41H82O19. The van der Waals surface area contributed by atoms with Crippen molar-refractivity contribution < 1.29 is 90.1 Å². The van der Waals surface area contributed by atoms with E-state index in [1.54, 1.807) is 55.4 Å². The number of Topliss-reactive ketones (excluding diaryl/α,β-unsaturated/α-hetero) is 1. The zero-order valence-electron chi connectivity index (χ0n) is 40.9. The Morgan fingerprint density at radius 3 is 0.617 bits per heavy atom. The monoisotopic (exact) mass is 879 g/mol. The Bertz CT molecular complexity index is 1110. The van der Waals surface area contributed by atoms with Crippen LogP contribution >= 0.6 is 0 Å². The molecule has 0 aliphatic rings. The van der Waals surface area contributed by atoms with Crippen LogP contribution in [0, 0.1) is 0 Å². The van der Waals surface area contributed by atoms with Gasteiger partial charge in [0.1, 0.15) is 0 Å². The average molecular weight is 879 g/mol. The van der Waals surface area contributed by atoms with Crippen LogP contribution in [-0.2, 0) is 90.1 Å². The molecule has 0 fully saturated rings. The van der Waals surface area contributed by atoms with Crippen LogP contribution in [0.15, 0.2) is 0 Å². The molecule has 0 N–H and O–H groups in total. The van der Waals surface area contributed by atoms with Gasteiger partial charge in [0.2, 0.25) is 17.4 Å². The van der Waals surface area contributed by atoms with E-state index >= 15 is 4.79 Å². The molecule has 0 aromatic rings. The van der Waals surface area contributed by atoms with Crippen LogP contribution in [0.4, 0.5) is 0 Å². The first-order valence-corrected chi connectivity index (χ1v) is 20.6. The third-order valence-electron chi connectivity index (χ3n) is 10.1. The van der Waals surface area contributed by atoms with E-state index in [-0.39, 0.29) is 52.5 Å². The van der Waals surface area contributed by atoms with Gasteiger partial charge < -0.3 is 66.3 Å². The maximum Gasteiger partial charge on any atom is 0.282 e. The first kappa shape index (κ1) is 58.9. The molecule has 0 amide bonds. The summed E-state index contributed by atoms with van der Waals surface area (Å²) in [5.74, 6) is -17.6. The van der Waals surface area contributed by atoms with Crippen LogP contribution in [-0.4, -0.2) is 147 Å². The van der Waals surface area contributed by atoms with Crippen molar-refractivity contribution in [3.63, 3.8) is 0 Å². The van der Waals surface area contributed by atoms with Gasteiger partial charge in [-0.25, -0.2) is 0 Å². The van der Waals surface area contributed by atoms with Crippen LogP contribution < -0.4 is 0 Å². The molecule has 0 saturated carbocycles. The minimum Gasteiger partial charge on any atom is -0.331 e. The predicted octanol–water partition coefficient (Wildman–Crippen LogP) is 6.52. The molecule has 0 aliphatic carbocycles. The quantitative estimate of drug-likeness (QED) is 0.0619. The van der Waals surface area contributed by atoms with Crippen LogP contribution in [0.2, 0.25) is 0 Å². The van der Waals surface area contributed by atoms with E-state index in [0.717, 1.165) is 0 Å². The third-order valence-corrected chi connectivity index (χ3v) is 10.1. The lowest BCUT2D eigenvalue weighted by Crippen LogP contribution is -2.78. The number of methoxy groups -OCH3 is 6. The van der Waals surface area contributed by atoms with Gasteiger partial charge in [-0.1, -0.05) is 13.8 Å². The van der Waals surface area contributed by atoms with Crippen molar-refractivity contribution in [2.45, 2.75) is 182 Å². The summed E-state index contributed by atoms with van der Waals surface area (Å²) in [5.41, 5.74) is -5.11. The molecule has 0 rings (SSSR count). The Hall–Kier alpha value is -1.05. The van der Waals surface area contributed by atoms with Crippen molar-refractivity contribution in [2.24, 2.45) is 0 Å². The second kappa shape index (κ2) is 24.3. The highest BCUT2D eigenvalue weighted by atomic mass is 17.0. The molecule has 0 spiro atoms. The van der Waals surface area contributed by atoms with Gasteiger partial charge in [0.15, 0.2) is 11.2 Å². The third kappa shape index (κ3) is 14.0. The van der Waals surface area contributed by atoms with E-state index in [0.29, 0.717) is 0 Å². The number of ether oxygens (including phenoxy) is 18. The number of carbonyl (C=O) groups is 1. The largest absolute Gasteiger partial charge is 0.331 e. The Kier molecular flexibility index (Phi) is 23.9. The first-order valence-electron chi connectivity index (χ1n) is 20.6. The van der Waals surface area contributed by atoms with E-state index in [1.807, 2.05) is 0 Å².